The van der Waals surface area contributed by atoms with Gasteiger partial charge in [-0.1, -0.05) is 29.8 Å². The SMILES string of the molecule is Cc1ccc(COP(=O)(Cl)Cl)cc1. The van der Waals surface area contributed by atoms with E-state index in [-0.39, 0.29) is 6.61 Å². The molecule has 72 valence electrons. The second-order valence-electron chi connectivity index (χ2n) is 2.67. The van der Waals surface area contributed by atoms with E-state index in [1.54, 1.807) is 0 Å². The zero-order valence-corrected chi connectivity index (χ0v) is 9.44. The minimum Gasteiger partial charge on any atom is -0.301 e. The first-order valence-electron chi connectivity index (χ1n) is 3.67. The monoisotopic (exact) mass is 238 g/mol. The predicted molar refractivity (Wildman–Crippen MR) is 55.3 cm³/mol. The van der Waals surface area contributed by atoms with Crippen molar-refractivity contribution in [2.24, 2.45) is 0 Å². The largest absolute Gasteiger partial charge is 0.380 e. The Kier molecular flexibility index (Phi) is 3.81. The maximum atomic E-state index is 10.8. The van der Waals surface area contributed by atoms with Crippen LogP contribution in [-0.2, 0) is 15.7 Å². The first-order valence-corrected chi connectivity index (χ1v) is 7.10. The van der Waals surface area contributed by atoms with Gasteiger partial charge in [0.2, 0.25) is 0 Å². The lowest BCUT2D eigenvalue weighted by atomic mass is 10.2. The van der Waals surface area contributed by atoms with Crippen molar-refractivity contribution in [3.8, 4) is 0 Å². The molecule has 0 heterocycles. The van der Waals surface area contributed by atoms with Gasteiger partial charge in [-0.3, -0.25) is 4.57 Å². The molecule has 0 aromatic heterocycles. The third-order valence-corrected chi connectivity index (χ3v) is 2.52. The van der Waals surface area contributed by atoms with E-state index in [0.717, 1.165) is 11.1 Å². The summed E-state index contributed by atoms with van der Waals surface area (Å²) in [7, 11) is 0. The standard InChI is InChI=1S/C8H9Cl2O2P/c1-7-2-4-8(5-3-7)6-12-13(9,10)11/h2-5H,6H2,1H3. The number of benzene rings is 1. The fraction of sp³-hybridized carbons (Fsp3) is 0.250. The lowest BCUT2D eigenvalue weighted by Gasteiger charge is -2.04. The fourth-order valence-corrected chi connectivity index (χ4v) is 1.43. The van der Waals surface area contributed by atoms with Gasteiger partial charge in [0.15, 0.2) is 0 Å². The molecule has 13 heavy (non-hydrogen) atoms. The third kappa shape index (κ3) is 4.68. The molecule has 0 bridgehead atoms. The molecular weight excluding hydrogens is 230 g/mol. The Hall–Kier alpha value is -0.0100. The zero-order valence-electron chi connectivity index (χ0n) is 7.04. The van der Waals surface area contributed by atoms with Gasteiger partial charge in [-0.2, -0.15) is 0 Å². The van der Waals surface area contributed by atoms with Crippen molar-refractivity contribution in [2.45, 2.75) is 13.5 Å². The topological polar surface area (TPSA) is 26.3 Å². The number of halogens is 2. The molecule has 0 aliphatic rings. The molecule has 0 amide bonds. The molecule has 0 N–H and O–H groups in total. The molecule has 1 aromatic rings. The Morgan fingerprint density at radius 3 is 2.31 bits per heavy atom. The minimum atomic E-state index is -3.40. The van der Waals surface area contributed by atoms with Crippen LogP contribution in [-0.4, -0.2) is 0 Å². The first-order chi connectivity index (χ1) is 5.97. The van der Waals surface area contributed by atoms with Gasteiger partial charge >= 0.3 is 6.07 Å². The molecule has 0 radical (unpaired) electrons. The Balaban J connectivity index is 2.56. The van der Waals surface area contributed by atoms with Crippen LogP contribution < -0.4 is 0 Å². The highest BCUT2D eigenvalue weighted by Gasteiger charge is 2.13. The quantitative estimate of drug-likeness (QED) is 0.742. The summed E-state index contributed by atoms with van der Waals surface area (Å²) in [6.07, 6.45) is -3.40. The summed E-state index contributed by atoms with van der Waals surface area (Å²) in [6, 6.07) is 7.62. The highest BCUT2D eigenvalue weighted by Crippen LogP contribution is 2.58. The number of hydrogen-bond donors (Lipinski definition) is 0. The summed E-state index contributed by atoms with van der Waals surface area (Å²) in [5.41, 5.74) is 2.05. The average Bonchev–Trinajstić information content (AvgIpc) is 2.02. The molecular formula is C8H9Cl2O2P. The molecule has 2 nitrogen and oxygen atoms in total. The summed E-state index contributed by atoms with van der Waals surface area (Å²) in [5, 5.41) is 0. The highest BCUT2D eigenvalue weighted by molar-refractivity contribution is 8.05. The summed E-state index contributed by atoms with van der Waals surface area (Å²) in [6.45, 7) is 2.16. The fourth-order valence-electron chi connectivity index (χ4n) is 0.834. The summed E-state index contributed by atoms with van der Waals surface area (Å²) >= 11 is 10.4. The Morgan fingerprint density at radius 1 is 1.31 bits per heavy atom. The van der Waals surface area contributed by atoms with E-state index in [1.165, 1.54) is 0 Å². The van der Waals surface area contributed by atoms with Gasteiger partial charge in [-0.25, -0.2) is 0 Å². The van der Waals surface area contributed by atoms with Crippen molar-refractivity contribution in [2.75, 3.05) is 0 Å². The van der Waals surface area contributed by atoms with Crippen molar-refractivity contribution in [3.63, 3.8) is 0 Å². The molecule has 0 aliphatic heterocycles. The van der Waals surface area contributed by atoms with E-state index >= 15 is 0 Å². The van der Waals surface area contributed by atoms with E-state index in [9.17, 15) is 4.57 Å². The van der Waals surface area contributed by atoms with Crippen molar-refractivity contribution >= 4 is 28.6 Å². The van der Waals surface area contributed by atoms with Crippen LogP contribution in [0.25, 0.3) is 0 Å². The van der Waals surface area contributed by atoms with Crippen LogP contribution >= 0.6 is 28.6 Å². The van der Waals surface area contributed by atoms with Crippen molar-refractivity contribution in [1.29, 1.82) is 0 Å². The minimum absolute atomic E-state index is 0.171. The lowest BCUT2D eigenvalue weighted by molar-refractivity contribution is 0.323. The zero-order chi connectivity index (χ0) is 9.90. The van der Waals surface area contributed by atoms with E-state index in [4.69, 9.17) is 27.0 Å². The lowest BCUT2D eigenvalue weighted by Crippen LogP contribution is -1.85. The van der Waals surface area contributed by atoms with Crippen LogP contribution in [0.15, 0.2) is 24.3 Å². The first kappa shape index (κ1) is 11.1. The van der Waals surface area contributed by atoms with Gasteiger partial charge < -0.3 is 4.52 Å². The summed E-state index contributed by atoms with van der Waals surface area (Å²) in [5.74, 6) is 0. The molecule has 1 aromatic carbocycles. The summed E-state index contributed by atoms with van der Waals surface area (Å²) < 4.78 is 15.5. The van der Waals surface area contributed by atoms with Crippen LogP contribution in [0, 0.1) is 6.92 Å². The van der Waals surface area contributed by atoms with Crippen molar-refractivity contribution in [1.82, 2.24) is 0 Å². The normalized spacial score (nSPS) is 11.6. The van der Waals surface area contributed by atoms with Crippen LogP contribution in [0.1, 0.15) is 11.1 Å². The maximum Gasteiger partial charge on any atom is 0.380 e. The van der Waals surface area contributed by atoms with Gasteiger partial charge in [0.25, 0.3) is 0 Å². The molecule has 0 saturated heterocycles. The Morgan fingerprint density at radius 2 is 1.85 bits per heavy atom. The molecule has 1 rings (SSSR count). The molecule has 5 heteroatoms. The van der Waals surface area contributed by atoms with Crippen LogP contribution in [0.5, 0.6) is 0 Å². The van der Waals surface area contributed by atoms with Gasteiger partial charge in [0.05, 0.1) is 6.61 Å². The number of hydrogen-bond acceptors (Lipinski definition) is 2. The Labute approximate surface area is 86.8 Å². The number of aryl methyl sites for hydroxylation is 1. The molecule has 0 saturated carbocycles. The average molecular weight is 239 g/mol. The Bertz CT molecular complexity index is 317. The second-order valence-corrected chi connectivity index (χ2v) is 6.95. The van der Waals surface area contributed by atoms with Crippen LogP contribution in [0.4, 0.5) is 0 Å². The van der Waals surface area contributed by atoms with E-state index < -0.39 is 6.07 Å². The van der Waals surface area contributed by atoms with Gasteiger partial charge in [-0.15, -0.1) is 0 Å². The van der Waals surface area contributed by atoms with E-state index in [2.05, 4.69) is 0 Å². The molecule has 0 atom stereocenters. The highest BCUT2D eigenvalue weighted by atomic mass is 35.9. The second kappa shape index (κ2) is 4.47. The van der Waals surface area contributed by atoms with E-state index in [1.807, 2.05) is 31.2 Å². The van der Waals surface area contributed by atoms with E-state index in [0.29, 0.717) is 0 Å². The predicted octanol–water partition coefficient (Wildman–Crippen LogP) is 4.10. The summed E-state index contributed by atoms with van der Waals surface area (Å²) in [4.78, 5) is 0. The van der Waals surface area contributed by atoms with Crippen molar-refractivity contribution in [3.05, 3.63) is 35.4 Å². The molecule has 0 fully saturated rings. The van der Waals surface area contributed by atoms with Gasteiger partial charge in [-0.05, 0) is 35.0 Å². The van der Waals surface area contributed by atoms with Crippen LogP contribution in [0.2, 0.25) is 0 Å². The van der Waals surface area contributed by atoms with Crippen LogP contribution in [0.3, 0.4) is 0 Å². The molecule has 0 unspecified atom stereocenters. The molecule has 0 spiro atoms. The maximum absolute atomic E-state index is 10.8. The molecule has 0 aliphatic carbocycles. The smallest absolute Gasteiger partial charge is 0.301 e. The van der Waals surface area contributed by atoms with Crippen molar-refractivity contribution < 1.29 is 9.09 Å². The number of rotatable bonds is 3. The van der Waals surface area contributed by atoms with Gasteiger partial charge in [0, 0.05) is 0 Å². The van der Waals surface area contributed by atoms with Gasteiger partial charge in [0.1, 0.15) is 0 Å². The third-order valence-electron chi connectivity index (χ3n) is 1.50.